The molecule has 0 radical (unpaired) electrons. The van der Waals surface area contributed by atoms with Crippen molar-refractivity contribution >= 4 is 11.6 Å². The average molecular weight is 327 g/mol. The van der Waals surface area contributed by atoms with Gasteiger partial charge in [-0.2, -0.15) is 0 Å². The minimum Gasteiger partial charge on any atom is -0.328 e. The zero-order chi connectivity index (χ0) is 16.9. The van der Waals surface area contributed by atoms with Crippen molar-refractivity contribution in [2.75, 3.05) is 26.2 Å². The van der Waals surface area contributed by atoms with E-state index in [1.165, 1.54) is 17.0 Å². The van der Waals surface area contributed by atoms with Crippen LogP contribution in [0.3, 0.4) is 0 Å². The van der Waals surface area contributed by atoms with Crippen molar-refractivity contribution in [2.24, 2.45) is 0 Å². The summed E-state index contributed by atoms with van der Waals surface area (Å²) in [6, 6.07) is 10.2. The minimum absolute atomic E-state index is 0.0254. The first-order chi connectivity index (χ1) is 11.6. The number of nitro benzene ring substituents is 1. The number of pyridine rings is 1. The molecule has 1 aromatic heterocycles. The van der Waals surface area contributed by atoms with Gasteiger partial charge in [0.05, 0.1) is 36.7 Å². The van der Waals surface area contributed by atoms with Gasteiger partial charge in [-0.25, -0.2) is 0 Å². The number of nitrogens with zero attached hydrogens (tertiary/aromatic N) is 3. The predicted octanol–water partition coefficient (Wildman–Crippen LogP) is 0.531. The number of benzene rings is 1. The molecule has 1 aromatic carbocycles. The molecule has 7 nitrogen and oxygen atoms in total. The Balaban J connectivity index is 1.53. The zero-order valence-corrected chi connectivity index (χ0v) is 13.2. The van der Waals surface area contributed by atoms with Crippen LogP contribution in [0.25, 0.3) is 0 Å². The number of non-ortho nitro benzene ring substituents is 1. The molecule has 2 heterocycles. The Bertz CT molecular complexity index is 710. The van der Waals surface area contributed by atoms with E-state index in [9.17, 15) is 14.9 Å². The van der Waals surface area contributed by atoms with E-state index >= 15 is 0 Å². The predicted molar refractivity (Wildman–Crippen MR) is 87.6 cm³/mol. The summed E-state index contributed by atoms with van der Waals surface area (Å²) in [6.07, 6.45) is 3.25. The van der Waals surface area contributed by atoms with Crippen LogP contribution >= 0.6 is 0 Å². The number of quaternary nitrogens is 1. The lowest BCUT2D eigenvalue weighted by Crippen LogP contribution is -3.13. The summed E-state index contributed by atoms with van der Waals surface area (Å²) in [5.41, 5.74) is 1.81. The number of amides is 1. The monoisotopic (exact) mass is 327 g/mol. The topological polar surface area (TPSA) is 80.8 Å². The molecule has 0 atom stereocenters. The molecule has 0 aliphatic carbocycles. The highest BCUT2D eigenvalue weighted by Gasteiger charge is 2.24. The van der Waals surface area contributed by atoms with E-state index in [0.717, 1.165) is 25.2 Å². The summed E-state index contributed by atoms with van der Waals surface area (Å²) in [5, 5.41) is 10.7. The van der Waals surface area contributed by atoms with Gasteiger partial charge in [0.25, 0.3) is 11.6 Å². The van der Waals surface area contributed by atoms with Crippen LogP contribution in [0, 0.1) is 10.1 Å². The third kappa shape index (κ3) is 3.75. The van der Waals surface area contributed by atoms with Crippen LogP contribution in [-0.4, -0.2) is 46.9 Å². The first-order valence-corrected chi connectivity index (χ1v) is 7.89. The molecule has 124 valence electrons. The molecule has 0 saturated carbocycles. The molecule has 7 heteroatoms. The van der Waals surface area contributed by atoms with Crippen LogP contribution in [0.1, 0.15) is 15.9 Å². The quantitative estimate of drug-likeness (QED) is 0.656. The van der Waals surface area contributed by atoms with Gasteiger partial charge in [-0.3, -0.25) is 19.9 Å². The standard InChI is InChI=1S/C17H18N4O3/c22-17(15-2-1-7-18-12-15)20-10-8-19(9-11-20)13-14-3-5-16(6-4-14)21(23)24/h1-7,12H,8-11,13H2/p+1. The van der Waals surface area contributed by atoms with Gasteiger partial charge in [0.2, 0.25) is 0 Å². The molecule has 1 aliphatic heterocycles. The summed E-state index contributed by atoms with van der Waals surface area (Å²) in [5.74, 6) is 0.0254. The Kier molecular flexibility index (Phi) is 4.81. The molecule has 0 unspecified atom stereocenters. The van der Waals surface area contributed by atoms with Gasteiger partial charge in [-0.1, -0.05) is 0 Å². The molecule has 0 bridgehead atoms. The maximum Gasteiger partial charge on any atom is 0.269 e. The largest absolute Gasteiger partial charge is 0.328 e. The van der Waals surface area contributed by atoms with Crippen LogP contribution in [0.4, 0.5) is 5.69 Å². The van der Waals surface area contributed by atoms with E-state index in [-0.39, 0.29) is 16.5 Å². The Morgan fingerprint density at radius 1 is 1.21 bits per heavy atom. The molecule has 1 aliphatic rings. The number of rotatable bonds is 4. The van der Waals surface area contributed by atoms with Crippen molar-refractivity contribution in [1.29, 1.82) is 0 Å². The van der Waals surface area contributed by atoms with E-state index in [2.05, 4.69) is 4.98 Å². The highest BCUT2D eigenvalue weighted by molar-refractivity contribution is 5.93. The van der Waals surface area contributed by atoms with E-state index in [1.54, 1.807) is 36.7 Å². The summed E-state index contributed by atoms with van der Waals surface area (Å²) < 4.78 is 0. The molecule has 2 aromatic rings. The van der Waals surface area contributed by atoms with Gasteiger partial charge >= 0.3 is 0 Å². The number of nitrogens with one attached hydrogen (secondary N) is 1. The van der Waals surface area contributed by atoms with E-state index in [4.69, 9.17) is 0 Å². The van der Waals surface area contributed by atoms with E-state index < -0.39 is 0 Å². The number of hydrogen-bond donors (Lipinski definition) is 1. The van der Waals surface area contributed by atoms with Gasteiger partial charge in [0, 0.05) is 30.1 Å². The van der Waals surface area contributed by atoms with Crippen molar-refractivity contribution in [3.63, 3.8) is 0 Å². The van der Waals surface area contributed by atoms with Gasteiger partial charge in [0.15, 0.2) is 0 Å². The van der Waals surface area contributed by atoms with Crippen molar-refractivity contribution in [3.8, 4) is 0 Å². The van der Waals surface area contributed by atoms with E-state index in [0.29, 0.717) is 18.7 Å². The first kappa shape index (κ1) is 16.1. The lowest BCUT2D eigenvalue weighted by Gasteiger charge is -2.32. The Hall–Kier alpha value is -2.80. The normalized spacial score (nSPS) is 15.2. The molecule has 1 fully saturated rings. The number of piperazine rings is 1. The Labute approximate surface area is 139 Å². The summed E-state index contributed by atoms with van der Waals surface area (Å²) in [6.45, 7) is 3.95. The molecule has 3 rings (SSSR count). The SMILES string of the molecule is O=C(c1cccnc1)N1CC[NH+](Cc2ccc([N+](=O)[O-])cc2)CC1. The van der Waals surface area contributed by atoms with Gasteiger partial charge < -0.3 is 9.80 Å². The third-order valence-electron chi connectivity index (χ3n) is 4.27. The molecule has 1 amide bonds. The summed E-state index contributed by atoms with van der Waals surface area (Å²) in [4.78, 5) is 29.9. The van der Waals surface area contributed by atoms with Gasteiger partial charge in [-0.05, 0) is 24.3 Å². The van der Waals surface area contributed by atoms with Crippen molar-refractivity contribution < 1.29 is 14.6 Å². The number of carbonyl (C=O) groups is 1. The first-order valence-electron chi connectivity index (χ1n) is 7.89. The molecular formula is C17H19N4O3+. The number of aromatic nitrogens is 1. The maximum atomic E-state index is 12.4. The summed E-state index contributed by atoms with van der Waals surface area (Å²) in [7, 11) is 0. The Morgan fingerprint density at radius 3 is 2.50 bits per heavy atom. The van der Waals surface area contributed by atoms with Crippen LogP contribution in [0.15, 0.2) is 48.8 Å². The number of carbonyl (C=O) groups excluding carboxylic acids is 1. The maximum absolute atomic E-state index is 12.4. The van der Waals surface area contributed by atoms with Crippen molar-refractivity contribution in [3.05, 3.63) is 70.0 Å². The Morgan fingerprint density at radius 2 is 1.92 bits per heavy atom. The minimum atomic E-state index is -0.389. The second-order valence-electron chi connectivity index (χ2n) is 5.88. The third-order valence-corrected chi connectivity index (χ3v) is 4.27. The average Bonchev–Trinajstić information content (AvgIpc) is 2.63. The van der Waals surface area contributed by atoms with Crippen molar-refractivity contribution in [2.45, 2.75) is 6.54 Å². The molecular weight excluding hydrogens is 308 g/mol. The van der Waals surface area contributed by atoms with Gasteiger partial charge in [0.1, 0.15) is 6.54 Å². The second kappa shape index (κ2) is 7.18. The molecule has 24 heavy (non-hydrogen) atoms. The molecule has 1 saturated heterocycles. The fraction of sp³-hybridized carbons (Fsp3) is 0.294. The van der Waals surface area contributed by atoms with Crippen LogP contribution < -0.4 is 4.90 Å². The lowest BCUT2D eigenvalue weighted by atomic mass is 10.1. The number of nitro groups is 1. The highest BCUT2D eigenvalue weighted by Crippen LogP contribution is 2.11. The summed E-state index contributed by atoms with van der Waals surface area (Å²) >= 11 is 0. The highest BCUT2D eigenvalue weighted by atomic mass is 16.6. The lowest BCUT2D eigenvalue weighted by molar-refractivity contribution is -0.917. The molecule has 0 spiro atoms. The fourth-order valence-corrected chi connectivity index (χ4v) is 2.90. The van der Waals surface area contributed by atoms with Crippen LogP contribution in [0.2, 0.25) is 0 Å². The number of hydrogen-bond acceptors (Lipinski definition) is 4. The van der Waals surface area contributed by atoms with Gasteiger partial charge in [-0.15, -0.1) is 0 Å². The fourth-order valence-electron chi connectivity index (χ4n) is 2.90. The van der Waals surface area contributed by atoms with Crippen LogP contribution in [0.5, 0.6) is 0 Å². The second-order valence-corrected chi connectivity index (χ2v) is 5.88. The van der Waals surface area contributed by atoms with E-state index in [1.807, 2.05) is 4.90 Å². The van der Waals surface area contributed by atoms with Crippen molar-refractivity contribution in [1.82, 2.24) is 9.88 Å². The smallest absolute Gasteiger partial charge is 0.269 e. The zero-order valence-electron chi connectivity index (χ0n) is 13.2. The van der Waals surface area contributed by atoms with Crippen LogP contribution in [-0.2, 0) is 6.54 Å². The molecule has 1 N–H and O–H groups in total.